The van der Waals surface area contributed by atoms with Crippen LogP contribution in [0.5, 0.6) is 0 Å². The van der Waals surface area contributed by atoms with Gasteiger partial charge in [0.25, 0.3) is 0 Å². The lowest BCUT2D eigenvalue weighted by atomic mass is 9.86. The molecule has 5 nitrogen and oxygen atoms in total. The number of rotatable bonds is 8. The van der Waals surface area contributed by atoms with Crippen molar-refractivity contribution < 1.29 is 9.59 Å². The van der Waals surface area contributed by atoms with Crippen LogP contribution in [0.3, 0.4) is 0 Å². The van der Waals surface area contributed by atoms with Crippen molar-refractivity contribution in [2.45, 2.75) is 51.9 Å². The van der Waals surface area contributed by atoms with E-state index in [9.17, 15) is 9.59 Å². The molecule has 2 aromatic rings. The van der Waals surface area contributed by atoms with Gasteiger partial charge in [-0.3, -0.25) is 9.59 Å². The number of benzene rings is 1. The Kier molecular flexibility index (Phi) is 6.28. The summed E-state index contributed by atoms with van der Waals surface area (Å²) in [4.78, 5) is 27.9. The molecule has 3 atom stereocenters. The number of carbonyl (C=O) groups is 2. The van der Waals surface area contributed by atoms with Crippen molar-refractivity contribution in [3.8, 4) is 11.3 Å². The van der Waals surface area contributed by atoms with Crippen LogP contribution in [0.1, 0.15) is 51.0 Å². The van der Waals surface area contributed by atoms with Gasteiger partial charge in [-0.25, -0.2) is 4.98 Å². The van der Waals surface area contributed by atoms with Crippen LogP contribution in [0, 0.1) is 17.8 Å². The number of aryl methyl sites for hydroxylation is 1. The smallest absolute Gasteiger partial charge is 0.226 e. The van der Waals surface area contributed by atoms with E-state index in [2.05, 4.69) is 39.9 Å². The first kappa shape index (κ1) is 20.1. The van der Waals surface area contributed by atoms with Crippen LogP contribution in [0.2, 0.25) is 0 Å². The monoisotopic (exact) mass is 411 g/mol. The van der Waals surface area contributed by atoms with Crippen molar-refractivity contribution in [1.82, 2.24) is 10.3 Å². The van der Waals surface area contributed by atoms with E-state index in [1.165, 1.54) is 49.5 Å². The fourth-order valence-electron chi connectivity index (χ4n) is 4.90. The summed E-state index contributed by atoms with van der Waals surface area (Å²) >= 11 is 1.49. The van der Waals surface area contributed by atoms with E-state index in [0.717, 1.165) is 35.9 Å². The highest BCUT2D eigenvalue weighted by molar-refractivity contribution is 7.14. The van der Waals surface area contributed by atoms with Crippen molar-refractivity contribution in [2.75, 3.05) is 11.9 Å². The molecule has 0 saturated heterocycles. The van der Waals surface area contributed by atoms with E-state index in [0.29, 0.717) is 24.0 Å². The summed E-state index contributed by atoms with van der Waals surface area (Å²) in [7, 11) is 0. The maximum absolute atomic E-state index is 12.4. The third-order valence-electron chi connectivity index (χ3n) is 6.35. The summed E-state index contributed by atoms with van der Waals surface area (Å²) in [5, 5.41) is 8.51. The summed E-state index contributed by atoms with van der Waals surface area (Å²) < 4.78 is 0. The molecule has 0 aliphatic heterocycles. The lowest BCUT2D eigenvalue weighted by Crippen LogP contribution is -2.21. The molecule has 4 rings (SSSR count). The van der Waals surface area contributed by atoms with Crippen LogP contribution in [-0.4, -0.2) is 23.3 Å². The maximum Gasteiger partial charge on any atom is 0.226 e. The Morgan fingerprint density at radius 2 is 2.00 bits per heavy atom. The number of hydrogen-bond donors (Lipinski definition) is 2. The zero-order valence-corrected chi connectivity index (χ0v) is 17.8. The van der Waals surface area contributed by atoms with E-state index in [4.69, 9.17) is 0 Å². The molecular weight excluding hydrogens is 382 g/mol. The molecule has 3 unspecified atom stereocenters. The van der Waals surface area contributed by atoms with Crippen LogP contribution in [0.25, 0.3) is 11.3 Å². The highest BCUT2D eigenvalue weighted by Gasteiger charge is 2.40. The quantitative estimate of drug-likeness (QED) is 0.622. The van der Waals surface area contributed by atoms with Crippen molar-refractivity contribution in [2.24, 2.45) is 17.8 Å². The first-order valence-corrected chi connectivity index (χ1v) is 11.5. The topological polar surface area (TPSA) is 71.1 Å². The highest BCUT2D eigenvalue weighted by Crippen LogP contribution is 2.49. The second-order valence-corrected chi connectivity index (χ2v) is 9.37. The number of anilines is 1. The normalized spacial score (nSPS) is 22.6. The Hall–Kier alpha value is -2.21. The summed E-state index contributed by atoms with van der Waals surface area (Å²) in [5.41, 5.74) is 3.20. The van der Waals surface area contributed by atoms with Crippen molar-refractivity contribution in [1.29, 1.82) is 0 Å². The minimum atomic E-state index is 0.0160. The van der Waals surface area contributed by atoms with Gasteiger partial charge >= 0.3 is 0 Å². The number of nitrogens with one attached hydrogen (secondary N) is 2. The van der Waals surface area contributed by atoms with E-state index < -0.39 is 0 Å². The Morgan fingerprint density at radius 1 is 1.17 bits per heavy atom. The van der Waals surface area contributed by atoms with Gasteiger partial charge in [0.15, 0.2) is 5.13 Å². The first-order chi connectivity index (χ1) is 14.1. The summed E-state index contributed by atoms with van der Waals surface area (Å²) in [5.74, 6) is 2.35. The lowest BCUT2D eigenvalue weighted by molar-refractivity contribution is -0.119. The van der Waals surface area contributed by atoms with Crippen molar-refractivity contribution in [3.05, 3.63) is 35.2 Å². The molecule has 2 aliphatic carbocycles. The van der Waals surface area contributed by atoms with Crippen LogP contribution < -0.4 is 10.6 Å². The summed E-state index contributed by atoms with van der Waals surface area (Å²) in [6.07, 6.45) is 7.75. The zero-order chi connectivity index (χ0) is 20.2. The molecular formula is C23H29N3O2S. The number of hydrogen-bond acceptors (Lipinski definition) is 4. The number of thiazole rings is 1. The SMILES string of the molecule is CC(=O)NCCCc1ccc(-c2csc(NC(=O)CC3CC4CCC3C4)n2)cc1. The molecule has 2 amide bonds. The Bertz CT molecular complexity index is 861. The third-order valence-corrected chi connectivity index (χ3v) is 7.11. The molecule has 154 valence electrons. The Labute approximate surface area is 176 Å². The van der Waals surface area contributed by atoms with E-state index in [-0.39, 0.29) is 11.8 Å². The average molecular weight is 412 g/mol. The van der Waals surface area contributed by atoms with Gasteiger partial charge in [-0.15, -0.1) is 11.3 Å². The fraction of sp³-hybridized carbons (Fsp3) is 0.522. The molecule has 2 aliphatic rings. The molecule has 2 saturated carbocycles. The molecule has 1 aromatic carbocycles. The summed E-state index contributed by atoms with van der Waals surface area (Å²) in [6.45, 7) is 2.24. The molecule has 1 heterocycles. The van der Waals surface area contributed by atoms with E-state index in [1.807, 2.05) is 5.38 Å². The van der Waals surface area contributed by atoms with Crippen LogP contribution in [0.4, 0.5) is 5.13 Å². The molecule has 2 fully saturated rings. The molecule has 29 heavy (non-hydrogen) atoms. The molecule has 0 radical (unpaired) electrons. The summed E-state index contributed by atoms with van der Waals surface area (Å²) in [6, 6.07) is 8.36. The fourth-order valence-corrected chi connectivity index (χ4v) is 5.63. The van der Waals surface area contributed by atoms with Gasteiger partial charge < -0.3 is 10.6 Å². The van der Waals surface area contributed by atoms with Gasteiger partial charge in [-0.2, -0.15) is 0 Å². The van der Waals surface area contributed by atoms with E-state index in [1.54, 1.807) is 0 Å². The van der Waals surface area contributed by atoms with Gasteiger partial charge in [0.2, 0.25) is 11.8 Å². The molecule has 1 aromatic heterocycles. The molecule has 2 bridgehead atoms. The number of carbonyl (C=O) groups excluding carboxylic acids is 2. The molecule has 0 spiro atoms. The second kappa shape index (κ2) is 9.08. The number of amides is 2. The van der Waals surface area contributed by atoms with Gasteiger partial charge in [0.1, 0.15) is 0 Å². The van der Waals surface area contributed by atoms with Crippen LogP contribution in [-0.2, 0) is 16.0 Å². The van der Waals surface area contributed by atoms with E-state index >= 15 is 0 Å². The average Bonchev–Trinajstić information content (AvgIpc) is 3.43. The predicted molar refractivity (Wildman–Crippen MR) is 117 cm³/mol. The Morgan fingerprint density at radius 3 is 2.69 bits per heavy atom. The zero-order valence-electron chi connectivity index (χ0n) is 16.9. The molecule has 2 N–H and O–H groups in total. The largest absolute Gasteiger partial charge is 0.356 e. The number of aromatic nitrogens is 1. The third kappa shape index (κ3) is 5.24. The van der Waals surface area contributed by atoms with Crippen LogP contribution in [0.15, 0.2) is 29.6 Å². The van der Waals surface area contributed by atoms with Gasteiger partial charge in [-0.05, 0) is 55.4 Å². The minimum absolute atomic E-state index is 0.0160. The van der Waals surface area contributed by atoms with Gasteiger partial charge in [-0.1, -0.05) is 30.7 Å². The van der Waals surface area contributed by atoms with Crippen molar-refractivity contribution >= 4 is 28.3 Å². The number of nitrogens with zero attached hydrogens (tertiary/aromatic N) is 1. The standard InChI is InChI=1S/C23H29N3O2S/c1-15(27)24-10-2-3-16-4-7-18(8-5-16)21-14-29-23(25-21)26-22(28)13-20-12-17-6-9-19(20)11-17/h4-5,7-8,14,17,19-20H,2-3,6,9-13H2,1H3,(H,24,27)(H,25,26,28). The lowest BCUT2D eigenvalue weighted by Gasteiger charge is -2.20. The second-order valence-electron chi connectivity index (χ2n) is 8.51. The van der Waals surface area contributed by atoms with Gasteiger partial charge in [0.05, 0.1) is 5.69 Å². The Balaban J connectivity index is 1.27. The van der Waals surface area contributed by atoms with Gasteiger partial charge in [0, 0.05) is 30.8 Å². The van der Waals surface area contributed by atoms with Crippen LogP contribution >= 0.6 is 11.3 Å². The number of fused-ring (bicyclic) bond motifs is 2. The first-order valence-electron chi connectivity index (χ1n) is 10.7. The van der Waals surface area contributed by atoms with Crippen molar-refractivity contribution in [3.63, 3.8) is 0 Å². The maximum atomic E-state index is 12.4. The minimum Gasteiger partial charge on any atom is -0.356 e. The highest BCUT2D eigenvalue weighted by atomic mass is 32.1. The molecule has 6 heteroatoms. The predicted octanol–water partition coefficient (Wildman–Crippen LogP) is 4.64.